The minimum absolute atomic E-state index is 0.000172. The summed E-state index contributed by atoms with van der Waals surface area (Å²) in [4.78, 5) is 11.1. The van der Waals surface area contributed by atoms with Crippen LogP contribution >= 0.6 is 11.8 Å². The highest BCUT2D eigenvalue weighted by Gasteiger charge is 2.05. The summed E-state index contributed by atoms with van der Waals surface area (Å²) in [6.07, 6.45) is 0.564. The molecule has 0 bridgehead atoms. The third-order valence-corrected chi connectivity index (χ3v) is 2.17. The van der Waals surface area contributed by atoms with E-state index in [9.17, 15) is 4.79 Å². The molecular weight excluding hydrogens is 188 g/mol. The van der Waals surface area contributed by atoms with Crippen molar-refractivity contribution in [3.63, 3.8) is 0 Å². The topological polar surface area (TPSA) is 73.1 Å². The zero-order chi connectivity index (χ0) is 10.1. The first-order chi connectivity index (χ1) is 6.20. The van der Waals surface area contributed by atoms with Crippen LogP contribution in [0.25, 0.3) is 0 Å². The predicted octanol–water partition coefficient (Wildman–Crippen LogP) is 0.130. The molecule has 0 aromatic rings. The maximum absolute atomic E-state index is 11.1. The number of hydrogen-bond acceptors (Lipinski definition) is 4. The van der Waals surface area contributed by atoms with Crippen LogP contribution in [0.4, 0.5) is 0 Å². The number of hydrogen-bond donors (Lipinski definition) is 2. The van der Waals surface area contributed by atoms with Crippen LogP contribution in [0.3, 0.4) is 0 Å². The molecule has 0 aromatic heterocycles. The molecule has 0 radical (unpaired) electrons. The fraction of sp³-hybridized carbons (Fsp3) is 0.750. The van der Waals surface area contributed by atoms with Crippen LogP contribution in [0.5, 0.6) is 0 Å². The van der Waals surface area contributed by atoms with Crippen molar-refractivity contribution in [3.8, 4) is 6.07 Å². The molecule has 4 nitrogen and oxygen atoms in total. The second-order valence-corrected chi connectivity index (χ2v) is 3.62. The lowest BCUT2D eigenvalue weighted by molar-refractivity contribution is -0.119. The minimum Gasteiger partial charge on any atom is -0.396 e. The lowest BCUT2D eigenvalue weighted by atomic mass is 10.2. The van der Waals surface area contributed by atoms with E-state index in [1.165, 1.54) is 11.8 Å². The van der Waals surface area contributed by atoms with Gasteiger partial charge in [-0.05, 0) is 13.3 Å². The Morgan fingerprint density at radius 1 is 1.77 bits per heavy atom. The van der Waals surface area contributed by atoms with Crippen molar-refractivity contribution in [2.24, 2.45) is 0 Å². The van der Waals surface area contributed by atoms with Crippen molar-refractivity contribution in [3.05, 3.63) is 0 Å². The van der Waals surface area contributed by atoms with Crippen molar-refractivity contribution in [1.29, 1.82) is 5.26 Å². The van der Waals surface area contributed by atoms with E-state index in [1.807, 2.05) is 13.0 Å². The van der Waals surface area contributed by atoms with Crippen LogP contribution in [-0.4, -0.2) is 35.2 Å². The number of nitrogens with zero attached hydrogens (tertiary/aromatic N) is 1. The molecule has 2 N–H and O–H groups in total. The van der Waals surface area contributed by atoms with Gasteiger partial charge in [-0.2, -0.15) is 5.26 Å². The summed E-state index contributed by atoms with van der Waals surface area (Å²) in [7, 11) is 0. The Morgan fingerprint density at radius 2 is 2.46 bits per heavy atom. The van der Waals surface area contributed by atoms with E-state index in [2.05, 4.69) is 5.32 Å². The first-order valence-corrected chi connectivity index (χ1v) is 5.21. The van der Waals surface area contributed by atoms with E-state index in [0.29, 0.717) is 17.9 Å². The van der Waals surface area contributed by atoms with Gasteiger partial charge in [0.15, 0.2) is 0 Å². The zero-order valence-corrected chi connectivity index (χ0v) is 8.43. The molecule has 0 spiro atoms. The first kappa shape index (κ1) is 12.3. The van der Waals surface area contributed by atoms with Gasteiger partial charge in [-0.3, -0.25) is 4.79 Å². The maximum Gasteiger partial charge on any atom is 0.230 e. The average Bonchev–Trinajstić information content (AvgIpc) is 2.05. The molecular formula is C8H14N2O2S. The predicted molar refractivity (Wildman–Crippen MR) is 52.2 cm³/mol. The Bertz CT molecular complexity index is 191. The Hall–Kier alpha value is -0.730. The van der Waals surface area contributed by atoms with Crippen LogP contribution in [0.15, 0.2) is 0 Å². The molecule has 0 rings (SSSR count). The number of carbonyl (C=O) groups excluding carboxylic acids is 1. The molecule has 0 aliphatic rings. The molecule has 0 saturated heterocycles. The summed E-state index contributed by atoms with van der Waals surface area (Å²) >= 11 is 1.29. The third kappa shape index (κ3) is 7.62. The normalized spacial score (nSPS) is 11.8. The van der Waals surface area contributed by atoms with Gasteiger partial charge in [0.25, 0.3) is 0 Å². The molecule has 0 aromatic carbocycles. The Balaban J connectivity index is 3.45. The molecule has 0 aliphatic heterocycles. The van der Waals surface area contributed by atoms with Gasteiger partial charge in [0.1, 0.15) is 0 Å². The summed E-state index contributed by atoms with van der Waals surface area (Å²) in [6, 6.07) is 1.94. The SMILES string of the molecule is CC(CCO)NC(=O)CSCC#N. The Labute approximate surface area is 82.3 Å². The second-order valence-electron chi connectivity index (χ2n) is 2.63. The second kappa shape index (κ2) is 7.90. The van der Waals surface area contributed by atoms with Gasteiger partial charge in [-0.15, -0.1) is 11.8 Å². The van der Waals surface area contributed by atoms with Crippen LogP contribution in [0, 0.1) is 11.3 Å². The summed E-state index contributed by atoms with van der Waals surface area (Å²) in [5.41, 5.74) is 0. The van der Waals surface area contributed by atoms with Gasteiger partial charge in [-0.25, -0.2) is 0 Å². The number of thioether (sulfide) groups is 1. The van der Waals surface area contributed by atoms with Crippen molar-refractivity contribution in [1.82, 2.24) is 5.32 Å². The van der Waals surface area contributed by atoms with Crippen molar-refractivity contribution >= 4 is 17.7 Å². The van der Waals surface area contributed by atoms with Crippen LogP contribution < -0.4 is 5.32 Å². The number of carbonyl (C=O) groups is 1. The standard InChI is InChI=1S/C8H14N2O2S/c1-7(2-4-11)10-8(12)6-13-5-3-9/h7,11H,2,4-6H2,1H3,(H,10,12). The van der Waals surface area contributed by atoms with Gasteiger partial charge < -0.3 is 10.4 Å². The van der Waals surface area contributed by atoms with Crippen molar-refractivity contribution in [2.75, 3.05) is 18.1 Å². The number of nitriles is 1. The average molecular weight is 202 g/mol. The molecule has 1 unspecified atom stereocenters. The number of rotatable bonds is 6. The van der Waals surface area contributed by atoms with Gasteiger partial charge in [0.2, 0.25) is 5.91 Å². The summed E-state index contributed by atoms with van der Waals surface area (Å²) < 4.78 is 0. The van der Waals surface area contributed by atoms with Crippen molar-refractivity contribution < 1.29 is 9.90 Å². The van der Waals surface area contributed by atoms with Crippen LogP contribution in [-0.2, 0) is 4.79 Å². The van der Waals surface area contributed by atoms with E-state index in [-0.39, 0.29) is 18.6 Å². The van der Waals surface area contributed by atoms with E-state index >= 15 is 0 Å². The number of nitrogens with one attached hydrogen (secondary N) is 1. The fourth-order valence-electron chi connectivity index (χ4n) is 0.772. The number of aliphatic hydroxyl groups excluding tert-OH is 1. The Kier molecular flexibility index (Phi) is 7.45. The molecule has 1 atom stereocenters. The molecule has 0 heterocycles. The maximum atomic E-state index is 11.1. The quantitative estimate of drug-likeness (QED) is 0.600. The van der Waals surface area contributed by atoms with Crippen LogP contribution in [0.2, 0.25) is 0 Å². The van der Waals surface area contributed by atoms with E-state index in [4.69, 9.17) is 10.4 Å². The number of aliphatic hydroxyl groups is 1. The highest BCUT2D eigenvalue weighted by atomic mass is 32.2. The molecule has 74 valence electrons. The van der Waals surface area contributed by atoms with Gasteiger partial charge in [-0.1, -0.05) is 0 Å². The molecule has 0 saturated carbocycles. The Morgan fingerprint density at radius 3 is 3.00 bits per heavy atom. The zero-order valence-electron chi connectivity index (χ0n) is 7.62. The minimum atomic E-state index is -0.0822. The summed E-state index contributed by atoms with van der Waals surface area (Å²) in [5, 5.41) is 19.5. The fourth-order valence-corrected chi connectivity index (χ4v) is 1.23. The highest BCUT2D eigenvalue weighted by Crippen LogP contribution is 1.98. The summed E-state index contributed by atoms with van der Waals surface area (Å²) in [5.74, 6) is 0.562. The smallest absolute Gasteiger partial charge is 0.230 e. The molecule has 1 amide bonds. The molecule has 0 aliphatic carbocycles. The van der Waals surface area contributed by atoms with E-state index in [0.717, 1.165) is 0 Å². The van der Waals surface area contributed by atoms with Gasteiger partial charge in [0.05, 0.1) is 17.6 Å². The highest BCUT2D eigenvalue weighted by molar-refractivity contribution is 8.00. The lowest BCUT2D eigenvalue weighted by Crippen LogP contribution is -2.34. The van der Waals surface area contributed by atoms with E-state index in [1.54, 1.807) is 0 Å². The third-order valence-electron chi connectivity index (χ3n) is 1.37. The molecule has 5 heteroatoms. The molecule has 13 heavy (non-hydrogen) atoms. The summed E-state index contributed by atoms with van der Waals surface area (Å²) in [6.45, 7) is 1.91. The first-order valence-electron chi connectivity index (χ1n) is 4.05. The van der Waals surface area contributed by atoms with Gasteiger partial charge in [0, 0.05) is 12.6 Å². The molecule has 0 fully saturated rings. The lowest BCUT2D eigenvalue weighted by Gasteiger charge is -2.11. The number of amides is 1. The monoisotopic (exact) mass is 202 g/mol. The van der Waals surface area contributed by atoms with E-state index < -0.39 is 0 Å². The van der Waals surface area contributed by atoms with Crippen molar-refractivity contribution in [2.45, 2.75) is 19.4 Å². The van der Waals surface area contributed by atoms with Gasteiger partial charge >= 0.3 is 0 Å². The largest absolute Gasteiger partial charge is 0.396 e. The van der Waals surface area contributed by atoms with Crippen LogP contribution in [0.1, 0.15) is 13.3 Å².